The number of nitrogens with zero attached hydrogens (tertiary/aromatic N) is 1. The van der Waals surface area contributed by atoms with Crippen molar-refractivity contribution in [3.63, 3.8) is 0 Å². The fourth-order valence-electron chi connectivity index (χ4n) is 3.22. The Kier molecular flexibility index (Phi) is 5.35. The van der Waals surface area contributed by atoms with E-state index in [2.05, 4.69) is 17.6 Å². The minimum atomic E-state index is 0.0665. The van der Waals surface area contributed by atoms with Crippen molar-refractivity contribution in [3.05, 3.63) is 23.8 Å². The van der Waals surface area contributed by atoms with Crippen LogP contribution in [0.5, 0.6) is 5.75 Å². The van der Waals surface area contributed by atoms with E-state index in [0.29, 0.717) is 25.9 Å². The van der Waals surface area contributed by atoms with E-state index in [1.807, 2.05) is 23.1 Å². The number of anilines is 1. The average molecular weight is 331 g/mol. The molecule has 0 radical (unpaired) electrons. The lowest BCUT2D eigenvalue weighted by Gasteiger charge is -2.34. The summed E-state index contributed by atoms with van der Waals surface area (Å²) in [4.78, 5) is 25.6. The SMILES string of the molecule is CC1CNCCN1C(=O)CCCOc1ccc2c(c1)CCC(=O)N2. The Morgan fingerprint density at radius 1 is 1.38 bits per heavy atom. The molecule has 2 N–H and O–H groups in total. The fourth-order valence-corrected chi connectivity index (χ4v) is 3.22. The summed E-state index contributed by atoms with van der Waals surface area (Å²) in [6.45, 7) is 5.13. The van der Waals surface area contributed by atoms with E-state index in [1.165, 1.54) is 0 Å². The number of carbonyl (C=O) groups is 2. The number of nitrogens with one attached hydrogen (secondary N) is 2. The summed E-state index contributed by atoms with van der Waals surface area (Å²) < 4.78 is 5.77. The highest BCUT2D eigenvalue weighted by Crippen LogP contribution is 2.26. The van der Waals surface area contributed by atoms with Crippen molar-refractivity contribution in [1.29, 1.82) is 0 Å². The summed E-state index contributed by atoms with van der Waals surface area (Å²) in [5, 5.41) is 6.15. The van der Waals surface area contributed by atoms with Crippen molar-refractivity contribution < 1.29 is 14.3 Å². The van der Waals surface area contributed by atoms with Crippen LogP contribution in [0.1, 0.15) is 31.7 Å². The van der Waals surface area contributed by atoms with Crippen LogP contribution >= 0.6 is 0 Å². The van der Waals surface area contributed by atoms with Crippen LogP contribution in [0, 0.1) is 0 Å². The largest absolute Gasteiger partial charge is 0.494 e. The third-order valence-electron chi connectivity index (χ3n) is 4.60. The quantitative estimate of drug-likeness (QED) is 0.803. The molecule has 2 aliphatic heterocycles. The van der Waals surface area contributed by atoms with Gasteiger partial charge in [0.25, 0.3) is 0 Å². The molecule has 6 heteroatoms. The van der Waals surface area contributed by atoms with Crippen LogP contribution in [0.3, 0.4) is 0 Å². The predicted molar refractivity (Wildman–Crippen MR) is 92.2 cm³/mol. The number of rotatable bonds is 5. The van der Waals surface area contributed by atoms with Gasteiger partial charge in [0, 0.05) is 44.2 Å². The molecule has 2 amide bonds. The molecule has 1 aromatic rings. The van der Waals surface area contributed by atoms with Gasteiger partial charge < -0.3 is 20.3 Å². The molecule has 6 nitrogen and oxygen atoms in total. The highest BCUT2D eigenvalue weighted by Gasteiger charge is 2.22. The monoisotopic (exact) mass is 331 g/mol. The van der Waals surface area contributed by atoms with Crippen molar-refractivity contribution >= 4 is 17.5 Å². The zero-order valence-electron chi connectivity index (χ0n) is 14.1. The molecule has 130 valence electrons. The molecule has 0 aliphatic carbocycles. The number of hydrogen-bond acceptors (Lipinski definition) is 4. The summed E-state index contributed by atoms with van der Waals surface area (Å²) in [6, 6.07) is 6.00. The maximum atomic E-state index is 12.2. The number of carbonyl (C=O) groups excluding carboxylic acids is 2. The number of fused-ring (bicyclic) bond motifs is 1. The Morgan fingerprint density at radius 2 is 2.25 bits per heavy atom. The molecule has 0 bridgehead atoms. The van der Waals surface area contributed by atoms with Gasteiger partial charge in [-0.25, -0.2) is 0 Å². The minimum absolute atomic E-state index is 0.0665. The van der Waals surface area contributed by atoms with Gasteiger partial charge in [0.15, 0.2) is 0 Å². The van der Waals surface area contributed by atoms with Crippen LogP contribution in [0.2, 0.25) is 0 Å². The van der Waals surface area contributed by atoms with Gasteiger partial charge in [0.1, 0.15) is 5.75 Å². The third kappa shape index (κ3) is 4.06. The van der Waals surface area contributed by atoms with Gasteiger partial charge in [-0.3, -0.25) is 9.59 Å². The van der Waals surface area contributed by atoms with Gasteiger partial charge in [-0.2, -0.15) is 0 Å². The highest BCUT2D eigenvalue weighted by atomic mass is 16.5. The maximum Gasteiger partial charge on any atom is 0.224 e. The van der Waals surface area contributed by atoms with E-state index < -0.39 is 0 Å². The second-order valence-corrected chi connectivity index (χ2v) is 6.46. The van der Waals surface area contributed by atoms with Gasteiger partial charge in [-0.05, 0) is 43.5 Å². The Morgan fingerprint density at radius 3 is 3.08 bits per heavy atom. The second-order valence-electron chi connectivity index (χ2n) is 6.46. The normalized spacial score (nSPS) is 20.3. The lowest BCUT2D eigenvalue weighted by molar-refractivity contribution is -0.134. The molecule has 0 aromatic heterocycles. The summed E-state index contributed by atoms with van der Waals surface area (Å²) in [7, 11) is 0. The van der Waals surface area contributed by atoms with Crippen molar-refractivity contribution in [2.24, 2.45) is 0 Å². The third-order valence-corrected chi connectivity index (χ3v) is 4.60. The Balaban J connectivity index is 1.43. The Bertz CT molecular complexity index is 618. The van der Waals surface area contributed by atoms with Crippen LogP contribution in [0.25, 0.3) is 0 Å². The predicted octanol–water partition coefficient (Wildman–Crippen LogP) is 1.55. The topological polar surface area (TPSA) is 70.7 Å². The maximum absolute atomic E-state index is 12.2. The Hall–Kier alpha value is -2.08. The Labute approximate surface area is 142 Å². The van der Waals surface area contributed by atoms with Crippen molar-refractivity contribution in [2.75, 3.05) is 31.6 Å². The summed E-state index contributed by atoms with van der Waals surface area (Å²) in [5.41, 5.74) is 1.99. The average Bonchev–Trinajstić information content (AvgIpc) is 2.59. The molecule has 2 heterocycles. The van der Waals surface area contributed by atoms with Gasteiger partial charge in [0.2, 0.25) is 11.8 Å². The van der Waals surface area contributed by atoms with Gasteiger partial charge in [0.05, 0.1) is 6.61 Å². The molecular formula is C18H25N3O3. The smallest absolute Gasteiger partial charge is 0.224 e. The van der Waals surface area contributed by atoms with Gasteiger partial charge >= 0.3 is 0 Å². The van der Waals surface area contributed by atoms with Crippen LogP contribution in [-0.2, 0) is 16.0 Å². The number of piperazine rings is 1. The summed E-state index contributed by atoms with van der Waals surface area (Å²) in [6.07, 6.45) is 2.50. The van der Waals surface area contributed by atoms with Crippen LogP contribution in [0.15, 0.2) is 18.2 Å². The fraction of sp³-hybridized carbons (Fsp3) is 0.556. The summed E-state index contributed by atoms with van der Waals surface area (Å²) in [5.74, 6) is 1.07. The lowest BCUT2D eigenvalue weighted by atomic mass is 10.0. The molecule has 0 saturated carbocycles. The van der Waals surface area contributed by atoms with E-state index in [1.54, 1.807) is 0 Å². The van der Waals surface area contributed by atoms with Gasteiger partial charge in [-0.15, -0.1) is 0 Å². The molecule has 1 fully saturated rings. The number of hydrogen-bond donors (Lipinski definition) is 2. The molecular weight excluding hydrogens is 306 g/mol. The number of amides is 2. The first kappa shape index (κ1) is 16.8. The van der Waals surface area contributed by atoms with E-state index in [4.69, 9.17) is 4.74 Å². The molecule has 2 aliphatic rings. The molecule has 1 atom stereocenters. The molecule has 0 spiro atoms. The first-order valence-corrected chi connectivity index (χ1v) is 8.69. The molecule has 24 heavy (non-hydrogen) atoms. The van der Waals surface area contributed by atoms with Crippen molar-refractivity contribution in [3.8, 4) is 5.75 Å². The van der Waals surface area contributed by atoms with Crippen molar-refractivity contribution in [2.45, 2.75) is 38.6 Å². The van der Waals surface area contributed by atoms with Crippen LogP contribution in [-0.4, -0.2) is 49.0 Å². The number of benzene rings is 1. The van der Waals surface area contributed by atoms with E-state index >= 15 is 0 Å². The minimum Gasteiger partial charge on any atom is -0.494 e. The molecule has 1 saturated heterocycles. The van der Waals surface area contributed by atoms with Crippen molar-refractivity contribution in [1.82, 2.24) is 10.2 Å². The standard InChI is InChI=1S/C18H25N3O3/c1-13-12-19-8-9-21(13)18(23)3-2-10-24-15-5-6-16-14(11-15)4-7-17(22)20-16/h5-6,11,13,19H,2-4,7-10,12H2,1H3,(H,20,22). The van der Waals surface area contributed by atoms with E-state index in [0.717, 1.165) is 43.1 Å². The van der Waals surface area contributed by atoms with Crippen LogP contribution < -0.4 is 15.4 Å². The first-order valence-electron chi connectivity index (χ1n) is 8.69. The first-order chi connectivity index (χ1) is 11.6. The van der Waals surface area contributed by atoms with Gasteiger partial charge in [-0.1, -0.05) is 0 Å². The van der Waals surface area contributed by atoms with Crippen LogP contribution in [0.4, 0.5) is 5.69 Å². The number of ether oxygens (including phenoxy) is 1. The van der Waals surface area contributed by atoms with E-state index in [-0.39, 0.29) is 17.9 Å². The summed E-state index contributed by atoms with van der Waals surface area (Å²) >= 11 is 0. The van der Waals surface area contributed by atoms with E-state index in [9.17, 15) is 9.59 Å². The number of aryl methyl sites for hydroxylation is 1. The highest BCUT2D eigenvalue weighted by molar-refractivity contribution is 5.94. The molecule has 1 aromatic carbocycles. The zero-order valence-corrected chi connectivity index (χ0v) is 14.1. The molecule has 3 rings (SSSR count). The second kappa shape index (κ2) is 7.66. The zero-order chi connectivity index (χ0) is 16.9. The molecule has 1 unspecified atom stereocenters. The lowest BCUT2D eigenvalue weighted by Crippen LogP contribution is -2.52.